The predicted octanol–water partition coefficient (Wildman–Crippen LogP) is 2.70. The summed E-state index contributed by atoms with van der Waals surface area (Å²) in [6, 6.07) is 15.4. The number of benzene rings is 2. The van der Waals surface area contributed by atoms with Crippen LogP contribution in [-0.2, 0) is 17.8 Å². The Labute approximate surface area is 140 Å². The Morgan fingerprint density at radius 2 is 2.00 bits per heavy atom. The van der Waals surface area contributed by atoms with E-state index in [1.54, 1.807) is 0 Å². The zero-order valence-electron chi connectivity index (χ0n) is 13.4. The van der Waals surface area contributed by atoms with Crippen LogP contribution < -0.4 is 5.32 Å². The second kappa shape index (κ2) is 7.71. The summed E-state index contributed by atoms with van der Waals surface area (Å²) in [6.07, 6.45) is 0.809. The summed E-state index contributed by atoms with van der Waals surface area (Å²) >= 11 is 0. The highest BCUT2D eigenvalue weighted by molar-refractivity contribution is 5.84. The summed E-state index contributed by atoms with van der Waals surface area (Å²) in [5, 5.41) is 21.7. The highest BCUT2D eigenvalue weighted by Gasteiger charge is 2.29. The molecule has 4 nitrogen and oxygen atoms in total. The first-order chi connectivity index (χ1) is 11.4. The van der Waals surface area contributed by atoms with Crippen LogP contribution in [0, 0.1) is 17.1 Å². The molecular formula is C19H19FN2O2. The van der Waals surface area contributed by atoms with Crippen molar-refractivity contribution in [3.05, 3.63) is 71.0 Å². The van der Waals surface area contributed by atoms with Gasteiger partial charge in [-0.1, -0.05) is 30.3 Å². The van der Waals surface area contributed by atoms with Gasteiger partial charge in [0.15, 0.2) is 0 Å². The molecule has 0 aliphatic rings. The van der Waals surface area contributed by atoms with Crippen LogP contribution in [0.4, 0.5) is 4.39 Å². The van der Waals surface area contributed by atoms with Gasteiger partial charge >= 0.3 is 0 Å². The second-order valence-corrected chi connectivity index (χ2v) is 5.86. The number of nitrogens with one attached hydrogen (secondary N) is 1. The number of hydrogen-bond donors (Lipinski definition) is 2. The van der Waals surface area contributed by atoms with Gasteiger partial charge in [-0.2, -0.15) is 5.26 Å². The predicted molar refractivity (Wildman–Crippen MR) is 88.3 cm³/mol. The molecule has 124 valence electrons. The van der Waals surface area contributed by atoms with Crippen molar-refractivity contribution in [2.75, 3.05) is 0 Å². The first-order valence-electron chi connectivity index (χ1n) is 7.65. The molecule has 0 aliphatic carbocycles. The van der Waals surface area contributed by atoms with Crippen LogP contribution in [0.1, 0.15) is 30.0 Å². The van der Waals surface area contributed by atoms with E-state index in [9.17, 15) is 14.3 Å². The van der Waals surface area contributed by atoms with Crippen molar-refractivity contribution in [1.82, 2.24) is 5.32 Å². The van der Waals surface area contributed by atoms with Crippen LogP contribution in [0.25, 0.3) is 0 Å². The van der Waals surface area contributed by atoms with Crippen LogP contribution in [0.3, 0.4) is 0 Å². The minimum Gasteiger partial charge on any atom is -0.380 e. The SMILES string of the molecule is C[C@](O)(CCc1ccccc1)C(=O)NCc1cc(C#N)ccc1F. The van der Waals surface area contributed by atoms with Gasteiger partial charge in [-0.05, 0) is 43.5 Å². The lowest BCUT2D eigenvalue weighted by atomic mass is 9.96. The number of amides is 1. The Morgan fingerprint density at radius 3 is 2.67 bits per heavy atom. The third kappa shape index (κ3) is 4.64. The van der Waals surface area contributed by atoms with Crippen LogP contribution in [0.15, 0.2) is 48.5 Å². The lowest BCUT2D eigenvalue weighted by molar-refractivity contribution is -0.138. The number of halogens is 1. The van der Waals surface area contributed by atoms with Crippen molar-refractivity contribution >= 4 is 5.91 Å². The molecule has 0 saturated carbocycles. The summed E-state index contributed by atoms with van der Waals surface area (Å²) in [4.78, 5) is 12.2. The first kappa shape index (κ1) is 17.6. The molecule has 2 N–H and O–H groups in total. The van der Waals surface area contributed by atoms with Crippen molar-refractivity contribution in [3.8, 4) is 6.07 Å². The molecule has 2 aromatic rings. The number of nitrogens with zero attached hydrogens (tertiary/aromatic N) is 1. The average Bonchev–Trinajstić information content (AvgIpc) is 2.60. The van der Waals surface area contributed by atoms with Crippen molar-refractivity contribution < 1.29 is 14.3 Å². The molecule has 0 aromatic heterocycles. The molecule has 0 radical (unpaired) electrons. The maximum Gasteiger partial charge on any atom is 0.251 e. The Bertz CT molecular complexity index is 752. The molecular weight excluding hydrogens is 307 g/mol. The van der Waals surface area contributed by atoms with Gasteiger partial charge in [-0.15, -0.1) is 0 Å². The standard InChI is InChI=1S/C19H19FN2O2/c1-19(24,10-9-14-5-3-2-4-6-14)18(23)22-13-16-11-15(12-21)7-8-17(16)20/h2-8,11,24H,9-10,13H2,1H3,(H,22,23)/t19-/m0/s1. The van der Waals surface area contributed by atoms with Crippen molar-refractivity contribution in [2.24, 2.45) is 0 Å². The fourth-order valence-electron chi connectivity index (χ4n) is 2.29. The number of carbonyl (C=O) groups excluding carboxylic acids is 1. The zero-order chi connectivity index (χ0) is 17.6. The van der Waals surface area contributed by atoms with Crippen molar-refractivity contribution in [1.29, 1.82) is 5.26 Å². The van der Waals surface area contributed by atoms with E-state index in [1.165, 1.54) is 25.1 Å². The van der Waals surface area contributed by atoms with E-state index in [4.69, 9.17) is 5.26 Å². The van der Waals surface area contributed by atoms with Crippen LogP contribution in [0.2, 0.25) is 0 Å². The first-order valence-corrected chi connectivity index (χ1v) is 7.65. The minimum atomic E-state index is -1.56. The average molecular weight is 326 g/mol. The summed E-state index contributed by atoms with van der Waals surface area (Å²) in [5.41, 5.74) is -0.00446. The van der Waals surface area contributed by atoms with Gasteiger partial charge in [-0.3, -0.25) is 4.79 Å². The molecule has 1 amide bonds. The molecule has 0 heterocycles. The summed E-state index contributed by atoms with van der Waals surface area (Å²) < 4.78 is 13.7. The number of aryl methyl sites for hydroxylation is 1. The third-order valence-corrected chi connectivity index (χ3v) is 3.85. The highest BCUT2D eigenvalue weighted by Crippen LogP contribution is 2.15. The lowest BCUT2D eigenvalue weighted by Gasteiger charge is -2.22. The number of aliphatic hydroxyl groups is 1. The van der Waals surface area contributed by atoms with E-state index in [1.807, 2.05) is 36.4 Å². The van der Waals surface area contributed by atoms with E-state index in [0.717, 1.165) is 5.56 Å². The monoisotopic (exact) mass is 326 g/mol. The van der Waals surface area contributed by atoms with Crippen molar-refractivity contribution in [3.63, 3.8) is 0 Å². The molecule has 24 heavy (non-hydrogen) atoms. The molecule has 0 aliphatic heterocycles. The Hall–Kier alpha value is -2.71. The molecule has 0 unspecified atom stereocenters. The van der Waals surface area contributed by atoms with Gasteiger partial charge in [0.1, 0.15) is 11.4 Å². The summed E-state index contributed by atoms with van der Waals surface area (Å²) in [5.74, 6) is -1.07. The van der Waals surface area contributed by atoms with E-state index in [-0.39, 0.29) is 18.5 Å². The summed E-state index contributed by atoms with van der Waals surface area (Å²) in [7, 11) is 0. The lowest BCUT2D eigenvalue weighted by Crippen LogP contribution is -2.44. The second-order valence-electron chi connectivity index (χ2n) is 5.86. The van der Waals surface area contributed by atoms with Crippen LogP contribution in [-0.4, -0.2) is 16.6 Å². The van der Waals surface area contributed by atoms with Gasteiger partial charge in [0, 0.05) is 12.1 Å². The minimum absolute atomic E-state index is 0.0817. The van der Waals surface area contributed by atoms with Gasteiger partial charge in [0.2, 0.25) is 0 Å². The number of rotatable bonds is 6. The number of nitriles is 1. The van der Waals surface area contributed by atoms with Crippen molar-refractivity contribution in [2.45, 2.75) is 31.9 Å². The molecule has 0 bridgehead atoms. The normalized spacial score (nSPS) is 12.9. The Balaban J connectivity index is 1.94. The summed E-state index contributed by atoms with van der Waals surface area (Å²) in [6.45, 7) is 1.36. The fourth-order valence-corrected chi connectivity index (χ4v) is 2.29. The maximum atomic E-state index is 13.7. The number of carbonyl (C=O) groups is 1. The largest absolute Gasteiger partial charge is 0.380 e. The van der Waals surface area contributed by atoms with Gasteiger partial charge in [-0.25, -0.2) is 4.39 Å². The maximum absolute atomic E-state index is 13.7. The highest BCUT2D eigenvalue weighted by atomic mass is 19.1. The van der Waals surface area contributed by atoms with E-state index in [0.29, 0.717) is 12.0 Å². The number of hydrogen-bond acceptors (Lipinski definition) is 3. The van der Waals surface area contributed by atoms with Crippen LogP contribution in [0.5, 0.6) is 0 Å². The molecule has 5 heteroatoms. The molecule has 2 aromatic carbocycles. The fraction of sp³-hybridized carbons (Fsp3) is 0.263. The Morgan fingerprint density at radius 1 is 1.29 bits per heavy atom. The smallest absolute Gasteiger partial charge is 0.251 e. The molecule has 0 spiro atoms. The molecule has 0 fully saturated rings. The quantitative estimate of drug-likeness (QED) is 0.857. The van der Waals surface area contributed by atoms with Gasteiger partial charge in [0.25, 0.3) is 5.91 Å². The zero-order valence-corrected chi connectivity index (χ0v) is 13.4. The molecule has 0 saturated heterocycles. The molecule has 2 rings (SSSR count). The van der Waals surface area contributed by atoms with E-state index in [2.05, 4.69) is 5.32 Å². The molecule has 1 atom stereocenters. The topological polar surface area (TPSA) is 73.1 Å². The van der Waals surface area contributed by atoms with Gasteiger partial charge < -0.3 is 10.4 Å². The van der Waals surface area contributed by atoms with Crippen LogP contribution >= 0.6 is 0 Å². The van der Waals surface area contributed by atoms with Gasteiger partial charge in [0.05, 0.1) is 11.6 Å². The Kier molecular flexibility index (Phi) is 5.67. The van der Waals surface area contributed by atoms with E-state index < -0.39 is 17.3 Å². The third-order valence-electron chi connectivity index (χ3n) is 3.85. The van der Waals surface area contributed by atoms with E-state index >= 15 is 0 Å².